The summed E-state index contributed by atoms with van der Waals surface area (Å²) in [5.74, 6) is -0.317. The highest BCUT2D eigenvalue weighted by Gasteiger charge is 2.10. The van der Waals surface area contributed by atoms with Gasteiger partial charge in [-0.1, -0.05) is 6.07 Å². The molecule has 0 aliphatic rings. The van der Waals surface area contributed by atoms with Crippen molar-refractivity contribution in [3.05, 3.63) is 29.6 Å². The molecule has 0 unspecified atom stereocenters. The van der Waals surface area contributed by atoms with Crippen molar-refractivity contribution in [1.82, 2.24) is 0 Å². The molecule has 0 amide bonds. The highest BCUT2D eigenvalue weighted by molar-refractivity contribution is 5.48. The maximum atomic E-state index is 13.8. The Bertz CT molecular complexity index is 355. The molecule has 0 aliphatic carbocycles. The number of hydrogen-bond donors (Lipinski definition) is 1. The summed E-state index contributed by atoms with van der Waals surface area (Å²) in [4.78, 5) is 1.80. The summed E-state index contributed by atoms with van der Waals surface area (Å²) < 4.78 is 19.0. The quantitative estimate of drug-likeness (QED) is 0.776. The largest absolute Gasteiger partial charge is 0.389 e. The van der Waals surface area contributed by atoms with Crippen molar-refractivity contribution in [1.29, 1.82) is 0 Å². The minimum absolute atomic E-state index is 0.317. The molecule has 4 heteroatoms. The average Bonchev–Trinajstić information content (AvgIpc) is 2.28. The number of benzene rings is 1. The van der Waals surface area contributed by atoms with Gasteiger partial charge in [-0.25, -0.2) is 4.39 Å². The summed E-state index contributed by atoms with van der Waals surface area (Å²) in [6, 6.07) is 4.79. The summed E-state index contributed by atoms with van der Waals surface area (Å²) in [6.45, 7) is 5.42. The lowest BCUT2D eigenvalue weighted by atomic mass is 10.1. The van der Waals surface area contributed by atoms with Crippen LogP contribution in [0.4, 0.5) is 10.1 Å². The second kappa shape index (κ2) is 6.57. The van der Waals surface area contributed by atoms with Crippen LogP contribution in [-0.2, 0) is 4.74 Å². The van der Waals surface area contributed by atoms with Gasteiger partial charge in [0.1, 0.15) is 5.82 Å². The van der Waals surface area contributed by atoms with E-state index >= 15 is 0 Å². The first-order chi connectivity index (χ1) is 8.06. The van der Waals surface area contributed by atoms with E-state index in [1.807, 2.05) is 14.0 Å². The van der Waals surface area contributed by atoms with Gasteiger partial charge in [-0.2, -0.15) is 0 Å². The Morgan fingerprint density at radius 1 is 1.47 bits per heavy atom. The van der Waals surface area contributed by atoms with Crippen LogP contribution in [0.5, 0.6) is 0 Å². The lowest BCUT2D eigenvalue weighted by molar-refractivity contribution is 0.154. The van der Waals surface area contributed by atoms with Crippen LogP contribution in [0.3, 0.4) is 0 Å². The SMILES string of the molecule is CCOCCN(C)c1ccc([C@@H](C)O)cc1F. The van der Waals surface area contributed by atoms with Crippen LogP contribution in [-0.4, -0.2) is 31.9 Å². The molecule has 0 saturated heterocycles. The number of aliphatic hydroxyl groups is 1. The third-order valence-electron chi connectivity index (χ3n) is 2.64. The fourth-order valence-corrected chi connectivity index (χ4v) is 1.56. The zero-order valence-electron chi connectivity index (χ0n) is 10.6. The van der Waals surface area contributed by atoms with Crippen LogP contribution in [0.1, 0.15) is 25.5 Å². The normalized spacial score (nSPS) is 12.5. The van der Waals surface area contributed by atoms with E-state index in [0.29, 0.717) is 31.0 Å². The molecule has 0 heterocycles. The van der Waals surface area contributed by atoms with Crippen molar-refractivity contribution < 1.29 is 14.2 Å². The number of halogens is 1. The number of rotatable bonds is 6. The molecule has 96 valence electrons. The Morgan fingerprint density at radius 3 is 2.71 bits per heavy atom. The van der Waals surface area contributed by atoms with Crippen LogP contribution in [0.25, 0.3) is 0 Å². The smallest absolute Gasteiger partial charge is 0.146 e. The van der Waals surface area contributed by atoms with Gasteiger partial charge >= 0.3 is 0 Å². The Morgan fingerprint density at radius 2 is 2.18 bits per heavy atom. The summed E-state index contributed by atoms with van der Waals surface area (Å²) in [5.41, 5.74) is 1.11. The molecular weight excluding hydrogens is 221 g/mol. The van der Waals surface area contributed by atoms with E-state index in [9.17, 15) is 9.50 Å². The molecule has 17 heavy (non-hydrogen) atoms. The molecule has 1 N–H and O–H groups in total. The summed E-state index contributed by atoms with van der Waals surface area (Å²) in [6.07, 6.45) is -0.646. The third-order valence-corrected chi connectivity index (χ3v) is 2.64. The van der Waals surface area contributed by atoms with Crippen LogP contribution in [0.2, 0.25) is 0 Å². The Kier molecular flexibility index (Phi) is 5.38. The molecule has 0 aromatic heterocycles. The highest BCUT2D eigenvalue weighted by atomic mass is 19.1. The van der Waals surface area contributed by atoms with E-state index in [-0.39, 0.29) is 5.82 Å². The second-order valence-electron chi connectivity index (χ2n) is 4.01. The molecule has 0 fully saturated rings. The van der Waals surface area contributed by atoms with Crippen molar-refractivity contribution in [2.45, 2.75) is 20.0 Å². The zero-order chi connectivity index (χ0) is 12.8. The average molecular weight is 241 g/mol. The molecule has 1 aromatic carbocycles. The van der Waals surface area contributed by atoms with E-state index in [1.54, 1.807) is 24.0 Å². The van der Waals surface area contributed by atoms with E-state index in [2.05, 4.69) is 0 Å². The predicted octanol–water partition coefficient (Wildman–Crippen LogP) is 2.35. The molecule has 0 radical (unpaired) electrons. The number of hydrogen-bond acceptors (Lipinski definition) is 3. The van der Waals surface area contributed by atoms with Crippen LogP contribution in [0.15, 0.2) is 18.2 Å². The standard InChI is InChI=1S/C13H20FNO2/c1-4-17-8-7-15(3)13-6-5-11(10(2)16)9-12(13)14/h5-6,9-10,16H,4,7-8H2,1-3H3/t10-/m1/s1. The maximum absolute atomic E-state index is 13.8. The van der Waals surface area contributed by atoms with Gasteiger partial charge < -0.3 is 14.7 Å². The van der Waals surface area contributed by atoms with Crippen molar-refractivity contribution in [3.63, 3.8) is 0 Å². The Balaban J connectivity index is 2.70. The van der Waals surface area contributed by atoms with E-state index in [1.165, 1.54) is 6.07 Å². The lowest BCUT2D eigenvalue weighted by Gasteiger charge is -2.20. The first-order valence-electron chi connectivity index (χ1n) is 5.82. The minimum atomic E-state index is -0.646. The van der Waals surface area contributed by atoms with Gasteiger partial charge in [-0.05, 0) is 31.5 Å². The third kappa shape index (κ3) is 3.98. The van der Waals surface area contributed by atoms with Crippen molar-refractivity contribution in [2.24, 2.45) is 0 Å². The van der Waals surface area contributed by atoms with Gasteiger partial charge in [0.05, 0.1) is 18.4 Å². The Labute approximate surface area is 102 Å². The van der Waals surface area contributed by atoms with E-state index < -0.39 is 6.10 Å². The van der Waals surface area contributed by atoms with Crippen molar-refractivity contribution in [3.8, 4) is 0 Å². The molecule has 0 aliphatic heterocycles. The van der Waals surface area contributed by atoms with Gasteiger partial charge in [-0.15, -0.1) is 0 Å². The number of anilines is 1. The van der Waals surface area contributed by atoms with E-state index in [4.69, 9.17) is 4.74 Å². The maximum Gasteiger partial charge on any atom is 0.146 e. The van der Waals surface area contributed by atoms with Crippen LogP contribution >= 0.6 is 0 Å². The first kappa shape index (κ1) is 13.9. The molecule has 0 bridgehead atoms. The molecule has 1 rings (SSSR count). The molecule has 1 atom stereocenters. The first-order valence-corrected chi connectivity index (χ1v) is 5.82. The van der Waals surface area contributed by atoms with Crippen molar-refractivity contribution in [2.75, 3.05) is 31.7 Å². The van der Waals surface area contributed by atoms with Crippen LogP contribution in [0, 0.1) is 5.82 Å². The molecule has 0 spiro atoms. The van der Waals surface area contributed by atoms with Gasteiger partial charge in [-0.3, -0.25) is 0 Å². The zero-order valence-corrected chi connectivity index (χ0v) is 10.6. The second-order valence-corrected chi connectivity index (χ2v) is 4.01. The fourth-order valence-electron chi connectivity index (χ4n) is 1.56. The number of aliphatic hydroxyl groups excluding tert-OH is 1. The minimum Gasteiger partial charge on any atom is -0.389 e. The number of nitrogens with zero attached hydrogens (tertiary/aromatic N) is 1. The number of ether oxygens (including phenoxy) is 1. The van der Waals surface area contributed by atoms with Gasteiger partial charge in [0, 0.05) is 20.2 Å². The van der Waals surface area contributed by atoms with Gasteiger partial charge in [0.2, 0.25) is 0 Å². The monoisotopic (exact) mass is 241 g/mol. The summed E-state index contributed by atoms with van der Waals surface area (Å²) >= 11 is 0. The van der Waals surface area contributed by atoms with Gasteiger partial charge in [0.15, 0.2) is 0 Å². The Hall–Kier alpha value is -1.13. The van der Waals surface area contributed by atoms with E-state index in [0.717, 1.165) is 0 Å². The molecule has 3 nitrogen and oxygen atoms in total. The summed E-state index contributed by atoms with van der Waals surface area (Å²) in [5, 5.41) is 9.35. The molecule has 0 saturated carbocycles. The van der Waals surface area contributed by atoms with Gasteiger partial charge in [0.25, 0.3) is 0 Å². The molecule has 1 aromatic rings. The lowest BCUT2D eigenvalue weighted by Crippen LogP contribution is -2.23. The predicted molar refractivity (Wildman–Crippen MR) is 66.8 cm³/mol. The topological polar surface area (TPSA) is 32.7 Å². The summed E-state index contributed by atoms with van der Waals surface area (Å²) in [7, 11) is 1.82. The molecular formula is C13H20FNO2. The van der Waals surface area contributed by atoms with Crippen LogP contribution < -0.4 is 4.90 Å². The van der Waals surface area contributed by atoms with Crippen molar-refractivity contribution >= 4 is 5.69 Å². The highest BCUT2D eigenvalue weighted by Crippen LogP contribution is 2.22. The fraction of sp³-hybridized carbons (Fsp3) is 0.538. The number of likely N-dealkylation sites (N-methyl/N-ethyl adjacent to an activating group) is 1.